The van der Waals surface area contributed by atoms with Crippen molar-refractivity contribution < 1.29 is 14.6 Å². The number of anilines is 1. The second-order valence-corrected chi connectivity index (χ2v) is 5.65. The molecule has 0 amide bonds. The molecule has 2 fully saturated rings. The van der Waals surface area contributed by atoms with E-state index in [1.54, 1.807) is 0 Å². The minimum absolute atomic E-state index is 0.0351. The molecule has 2 aliphatic heterocycles. The normalized spacial score (nSPS) is 25.1. The molecule has 0 radical (unpaired) electrons. The maximum Gasteiger partial charge on any atom is 0.301 e. The van der Waals surface area contributed by atoms with Gasteiger partial charge in [-0.15, -0.1) is 0 Å². The van der Waals surface area contributed by atoms with Crippen molar-refractivity contribution in [2.75, 3.05) is 5.43 Å². The summed E-state index contributed by atoms with van der Waals surface area (Å²) in [6.07, 6.45) is 5.02. The molecule has 1 N–H and O–H groups in total. The first kappa shape index (κ1) is 15.3. The molecule has 0 aliphatic carbocycles. The summed E-state index contributed by atoms with van der Waals surface area (Å²) in [5.41, 5.74) is 2.95. The minimum Gasteiger partial charge on any atom is -0.369 e. The molecule has 2 saturated heterocycles. The van der Waals surface area contributed by atoms with E-state index in [0.29, 0.717) is 6.10 Å². The molecular weight excluding hydrogens is 304 g/mol. The average molecular weight is 320 g/mol. The van der Waals surface area contributed by atoms with Gasteiger partial charge in [-0.25, -0.2) is 0 Å². The van der Waals surface area contributed by atoms with Crippen LogP contribution in [0.15, 0.2) is 23.3 Å². The second kappa shape index (κ2) is 6.29. The number of hydrogen-bond acceptors (Lipinski definition) is 7. The summed E-state index contributed by atoms with van der Waals surface area (Å²) in [7, 11) is 0. The van der Waals surface area contributed by atoms with E-state index in [4.69, 9.17) is 4.74 Å². The van der Waals surface area contributed by atoms with E-state index in [1.165, 1.54) is 12.1 Å². The third-order valence-electron chi connectivity index (χ3n) is 4.15. The highest BCUT2D eigenvalue weighted by Gasteiger charge is 2.31. The molecule has 0 aromatic heterocycles. The molecule has 0 spiro atoms. The average Bonchev–Trinajstić information content (AvgIpc) is 2.54. The number of hydrogen-bond donors (Lipinski definition) is 1. The fourth-order valence-electron chi connectivity index (χ4n) is 2.97. The Hall–Kier alpha value is -2.55. The minimum atomic E-state index is -0.667. The van der Waals surface area contributed by atoms with Gasteiger partial charge >= 0.3 is 5.69 Å². The van der Waals surface area contributed by atoms with Crippen LogP contribution in [-0.2, 0) is 4.74 Å². The Kier molecular flexibility index (Phi) is 4.20. The van der Waals surface area contributed by atoms with Crippen molar-refractivity contribution in [3.8, 4) is 0 Å². The number of ether oxygens (including phenoxy) is 1. The van der Waals surface area contributed by atoms with E-state index >= 15 is 0 Å². The highest BCUT2D eigenvalue weighted by atomic mass is 16.6. The van der Waals surface area contributed by atoms with Crippen molar-refractivity contribution in [1.29, 1.82) is 0 Å². The molecule has 2 aliphatic rings. The van der Waals surface area contributed by atoms with Gasteiger partial charge in [0.05, 0.1) is 33.8 Å². The molecule has 9 heteroatoms. The second-order valence-electron chi connectivity index (χ2n) is 5.65. The van der Waals surface area contributed by atoms with Gasteiger partial charge < -0.3 is 4.74 Å². The lowest BCUT2D eigenvalue weighted by Gasteiger charge is -2.35. The summed E-state index contributed by atoms with van der Waals surface area (Å²) in [6.45, 7) is 0. The highest BCUT2D eigenvalue weighted by Crippen LogP contribution is 2.31. The summed E-state index contributed by atoms with van der Waals surface area (Å²) >= 11 is 0. The maximum absolute atomic E-state index is 11.1. The zero-order valence-corrected chi connectivity index (χ0v) is 12.3. The number of non-ortho nitro benzene ring substituents is 1. The summed E-state index contributed by atoms with van der Waals surface area (Å²) in [5.74, 6) is 0. The van der Waals surface area contributed by atoms with Crippen LogP contribution in [0.1, 0.15) is 32.1 Å². The SMILES string of the molecule is O=[N+]([O-])c1ccc(N/N=C2/CC[C@@H]3CCC[C@H]2O3)c([N+](=O)[O-])c1. The van der Waals surface area contributed by atoms with Gasteiger partial charge in [0.15, 0.2) is 0 Å². The zero-order valence-electron chi connectivity index (χ0n) is 12.3. The third-order valence-corrected chi connectivity index (χ3v) is 4.15. The molecule has 1 aromatic carbocycles. The van der Waals surface area contributed by atoms with Gasteiger partial charge in [-0.2, -0.15) is 5.10 Å². The topological polar surface area (TPSA) is 120 Å². The number of rotatable bonds is 4. The molecular formula is C14H16N4O5. The number of hydrazone groups is 1. The van der Waals surface area contributed by atoms with E-state index in [9.17, 15) is 20.2 Å². The highest BCUT2D eigenvalue weighted by molar-refractivity contribution is 5.90. The van der Waals surface area contributed by atoms with Gasteiger partial charge in [-0.3, -0.25) is 25.7 Å². The van der Waals surface area contributed by atoms with Crippen molar-refractivity contribution in [2.24, 2.45) is 5.10 Å². The Balaban J connectivity index is 1.81. The van der Waals surface area contributed by atoms with Crippen LogP contribution in [0.3, 0.4) is 0 Å². The largest absolute Gasteiger partial charge is 0.369 e. The Morgan fingerprint density at radius 3 is 2.74 bits per heavy atom. The van der Waals surface area contributed by atoms with Gasteiger partial charge in [-0.05, 0) is 38.2 Å². The Bertz CT molecular complexity index is 675. The lowest BCUT2D eigenvalue weighted by molar-refractivity contribution is -0.393. The predicted molar refractivity (Wildman–Crippen MR) is 82.6 cm³/mol. The number of benzene rings is 1. The number of nitro groups is 2. The molecule has 2 heterocycles. The Labute approximate surface area is 131 Å². The van der Waals surface area contributed by atoms with Crippen molar-refractivity contribution in [1.82, 2.24) is 0 Å². The van der Waals surface area contributed by atoms with Gasteiger partial charge in [0.2, 0.25) is 0 Å². The van der Waals surface area contributed by atoms with Gasteiger partial charge in [0, 0.05) is 6.07 Å². The van der Waals surface area contributed by atoms with Crippen molar-refractivity contribution >= 4 is 22.8 Å². The smallest absolute Gasteiger partial charge is 0.301 e. The Morgan fingerprint density at radius 2 is 2.00 bits per heavy atom. The molecule has 1 aromatic rings. The molecule has 9 nitrogen and oxygen atoms in total. The third kappa shape index (κ3) is 3.29. The van der Waals surface area contributed by atoms with E-state index in [0.717, 1.165) is 43.9 Å². The van der Waals surface area contributed by atoms with Crippen molar-refractivity contribution in [3.05, 3.63) is 38.4 Å². The number of nitrogens with zero attached hydrogens (tertiary/aromatic N) is 3. The van der Waals surface area contributed by atoms with E-state index in [2.05, 4.69) is 10.5 Å². The van der Waals surface area contributed by atoms with E-state index in [-0.39, 0.29) is 23.2 Å². The first-order valence-electron chi connectivity index (χ1n) is 7.45. The predicted octanol–water partition coefficient (Wildman–Crippen LogP) is 3.00. The fourth-order valence-corrected chi connectivity index (χ4v) is 2.97. The molecule has 0 unspecified atom stereocenters. The molecule has 122 valence electrons. The number of nitro benzene ring substituents is 2. The van der Waals surface area contributed by atoms with Crippen LogP contribution in [0.4, 0.5) is 17.1 Å². The molecule has 3 rings (SSSR count). The maximum atomic E-state index is 11.1. The number of nitrogens with one attached hydrogen (secondary N) is 1. The van der Waals surface area contributed by atoms with Gasteiger partial charge in [0.1, 0.15) is 5.69 Å². The van der Waals surface area contributed by atoms with E-state index < -0.39 is 9.85 Å². The quantitative estimate of drug-likeness (QED) is 0.672. The van der Waals surface area contributed by atoms with Crippen LogP contribution in [0.5, 0.6) is 0 Å². The zero-order chi connectivity index (χ0) is 16.4. The first-order valence-corrected chi connectivity index (χ1v) is 7.45. The van der Waals surface area contributed by atoms with Crippen LogP contribution in [-0.4, -0.2) is 27.8 Å². The van der Waals surface area contributed by atoms with Crippen LogP contribution >= 0.6 is 0 Å². The van der Waals surface area contributed by atoms with Crippen LogP contribution in [0, 0.1) is 20.2 Å². The summed E-state index contributed by atoms with van der Waals surface area (Å²) in [5, 5.41) is 26.1. The Morgan fingerprint density at radius 1 is 1.17 bits per heavy atom. The number of fused-ring (bicyclic) bond motifs is 2. The summed E-state index contributed by atoms with van der Waals surface area (Å²) in [4.78, 5) is 20.5. The van der Waals surface area contributed by atoms with Crippen LogP contribution in [0.25, 0.3) is 0 Å². The monoisotopic (exact) mass is 320 g/mol. The summed E-state index contributed by atoms with van der Waals surface area (Å²) in [6, 6.07) is 3.44. The molecule has 23 heavy (non-hydrogen) atoms. The molecule has 2 atom stereocenters. The molecule has 0 saturated carbocycles. The van der Waals surface area contributed by atoms with Crippen molar-refractivity contribution in [3.63, 3.8) is 0 Å². The first-order chi connectivity index (χ1) is 11.0. The van der Waals surface area contributed by atoms with E-state index in [1.807, 2.05) is 0 Å². The van der Waals surface area contributed by atoms with Gasteiger partial charge in [-0.1, -0.05) is 0 Å². The standard InChI is InChI=1S/C14H16N4O5/c19-17(20)9-4-6-11(13(8-9)18(21)22)15-16-12-7-5-10-2-1-3-14(12)23-10/h4,6,8,10,14-15H,1-3,5,7H2/b16-12-/t10-,14+/m0/s1. The van der Waals surface area contributed by atoms with Gasteiger partial charge in [0.25, 0.3) is 5.69 Å². The molecule has 2 bridgehead atoms. The van der Waals surface area contributed by atoms with Crippen LogP contribution < -0.4 is 5.43 Å². The van der Waals surface area contributed by atoms with Crippen molar-refractivity contribution in [2.45, 2.75) is 44.3 Å². The lowest BCUT2D eigenvalue weighted by Crippen LogP contribution is -2.39. The summed E-state index contributed by atoms with van der Waals surface area (Å²) < 4.78 is 5.86. The fraction of sp³-hybridized carbons (Fsp3) is 0.500. The lowest BCUT2D eigenvalue weighted by atomic mass is 9.90. The van der Waals surface area contributed by atoms with Crippen LogP contribution in [0.2, 0.25) is 0 Å².